The SMILES string of the molecule is CCC(CC)N(CC)C(=O)CC1COc2ccc(C(=O)N(C)C)cc2N1C. The summed E-state index contributed by atoms with van der Waals surface area (Å²) < 4.78 is 5.89. The molecule has 1 aliphatic rings. The van der Waals surface area contributed by atoms with Gasteiger partial charge in [0, 0.05) is 39.3 Å². The molecule has 0 N–H and O–H groups in total. The van der Waals surface area contributed by atoms with E-state index in [0.29, 0.717) is 18.6 Å². The predicted octanol–water partition coefficient (Wildman–Crippen LogP) is 3.01. The van der Waals surface area contributed by atoms with Gasteiger partial charge >= 0.3 is 0 Å². The van der Waals surface area contributed by atoms with Crippen LogP contribution in [0, 0.1) is 0 Å². The molecule has 0 spiro atoms. The number of rotatable bonds is 7. The van der Waals surface area contributed by atoms with Gasteiger partial charge in [-0.2, -0.15) is 0 Å². The highest BCUT2D eigenvalue weighted by molar-refractivity contribution is 5.95. The summed E-state index contributed by atoms with van der Waals surface area (Å²) in [6.45, 7) is 7.47. The second kappa shape index (κ2) is 9.11. The molecule has 6 heteroatoms. The van der Waals surface area contributed by atoms with Crippen molar-refractivity contribution < 1.29 is 14.3 Å². The fourth-order valence-electron chi connectivity index (χ4n) is 3.68. The normalized spacial score (nSPS) is 16.0. The highest BCUT2D eigenvalue weighted by Crippen LogP contribution is 2.35. The average molecular weight is 376 g/mol. The number of benzene rings is 1. The van der Waals surface area contributed by atoms with E-state index in [2.05, 4.69) is 18.7 Å². The van der Waals surface area contributed by atoms with Crippen LogP contribution in [0.5, 0.6) is 5.75 Å². The summed E-state index contributed by atoms with van der Waals surface area (Å²) in [7, 11) is 5.44. The molecule has 0 aromatic heterocycles. The summed E-state index contributed by atoms with van der Waals surface area (Å²) in [5, 5.41) is 0. The molecule has 0 saturated heterocycles. The van der Waals surface area contributed by atoms with Gasteiger partial charge in [-0.05, 0) is 38.0 Å². The van der Waals surface area contributed by atoms with Crippen LogP contribution in [0.4, 0.5) is 5.69 Å². The van der Waals surface area contributed by atoms with E-state index >= 15 is 0 Å². The summed E-state index contributed by atoms with van der Waals surface area (Å²) in [5.41, 5.74) is 1.48. The molecule has 1 unspecified atom stereocenters. The van der Waals surface area contributed by atoms with Crippen LogP contribution in [0.2, 0.25) is 0 Å². The molecule has 0 saturated carbocycles. The largest absolute Gasteiger partial charge is 0.489 e. The van der Waals surface area contributed by atoms with Crippen LogP contribution in [-0.2, 0) is 4.79 Å². The third kappa shape index (κ3) is 4.54. The predicted molar refractivity (Wildman–Crippen MR) is 109 cm³/mol. The first kappa shape index (κ1) is 21.1. The molecule has 2 amide bonds. The smallest absolute Gasteiger partial charge is 0.253 e. The Balaban J connectivity index is 2.17. The minimum absolute atomic E-state index is 0.0434. The zero-order valence-electron chi connectivity index (χ0n) is 17.5. The summed E-state index contributed by atoms with van der Waals surface area (Å²) in [6, 6.07) is 5.72. The van der Waals surface area contributed by atoms with E-state index < -0.39 is 0 Å². The van der Waals surface area contributed by atoms with E-state index in [4.69, 9.17) is 4.74 Å². The molecule has 150 valence electrons. The van der Waals surface area contributed by atoms with Crippen molar-refractivity contribution in [1.29, 1.82) is 0 Å². The van der Waals surface area contributed by atoms with Crippen LogP contribution in [0.15, 0.2) is 18.2 Å². The van der Waals surface area contributed by atoms with Gasteiger partial charge < -0.3 is 19.4 Å². The van der Waals surface area contributed by atoms with Crippen molar-refractivity contribution >= 4 is 17.5 Å². The van der Waals surface area contributed by atoms with Crippen molar-refractivity contribution in [3.05, 3.63) is 23.8 Å². The molecule has 1 aromatic carbocycles. The van der Waals surface area contributed by atoms with E-state index in [1.54, 1.807) is 25.1 Å². The lowest BCUT2D eigenvalue weighted by Gasteiger charge is -2.38. The Bertz CT molecular complexity index is 671. The van der Waals surface area contributed by atoms with Crippen LogP contribution in [0.3, 0.4) is 0 Å². The average Bonchev–Trinajstić information content (AvgIpc) is 2.67. The molecule has 1 heterocycles. The number of fused-ring (bicyclic) bond motifs is 1. The van der Waals surface area contributed by atoms with Gasteiger partial charge in [0.2, 0.25) is 5.91 Å². The molecule has 1 aromatic rings. The fraction of sp³-hybridized carbons (Fsp3) is 0.619. The monoisotopic (exact) mass is 375 g/mol. The highest BCUT2D eigenvalue weighted by atomic mass is 16.5. The Morgan fingerprint density at radius 2 is 1.89 bits per heavy atom. The van der Waals surface area contributed by atoms with Gasteiger partial charge in [0.15, 0.2) is 0 Å². The van der Waals surface area contributed by atoms with E-state index in [9.17, 15) is 9.59 Å². The molecule has 0 bridgehead atoms. The molecular formula is C21H33N3O3. The third-order valence-corrected chi connectivity index (χ3v) is 5.43. The van der Waals surface area contributed by atoms with Gasteiger partial charge in [-0.3, -0.25) is 9.59 Å². The molecule has 0 radical (unpaired) electrons. The molecule has 0 fully saturated rings. The van der Waals surface area contributed by atoms with Crippen molar-refractivity contribution in [2.45, 2.75) is 52.1 Å². The van der Waals surface area contributed by atoms with Gasteiger partial charge in [-0.15, -0.1) is 0 Å². The van der Waals surface area contributed by atoms with Crippen molar-refractivity contribution in [2.24, 2.45) is 0 Å². The first-order valence-corrected chi connectivity index (χ1v) is 9.84. The molecule has 27 heavy (non-hydrogen) atoms. The number of likely N-dealkylation sites (N-methyl/N-ethyl adjacent to an activating group) is 1. The zero-order chi connectivity index (χ0) is 20.1. The minimum atomic E-state index is -0.0460. The molecular weight excluding hydrogens is 342 g/mol. The van der Waals surface area contributed by atoms with Crippen molar-refractivity contribution in [1.82, 2.24) is 9.80 Å². The Morgan fingerprint density at radius 3 is 2.44 bits per heavy atom. The maximum Gasteiger partial charge on any atom is 0.253 e. The number of anilines is 1. The molecule has 2 rings (SSSR count). The van der Waals surface area contributed by atoms with E-state index in [1.807, 2.05) is 31.0 Å². The van der Waals surface area contributed by atoms with Gasteiger partial charge in [0.25, 0.3) is 5.91 Å². The van der Waals surface area contributed by atoms with Gasteiger partial charge in [-0.1, -0.05) is 13.8 Å². The lowest BCUT2D eigenvalue weighted by molar-refractivity contribution is -0.134. The molecule has 6 nitrogen and oxygen atoms in total. The van der Waals surface area contributed by atoms with Crippen LogP contribution in [0.1, 0.15) is 50.4 Å². The van der Waals surface area contributed by atoms with Crippen LogP contribution in [-0.4, -0.2) is 68.0 Å². The summed E-state index contributed by atoms with van der Waals surface area (Å²) in [4.78, 5) is 30.8. The fourth-order valence-corrected chi connectivity index (χ4v) is 3.68. The Morgan fingerprint density at radius 1 is 1.22 bits per heavy atom. The maximum atomic E-state index is 12.9. The van der Waals surface area contributed by atoms with Crippen molar-refractivity contribution in [3.8, 4) is 5.75 Å². The van der Waals surface area contributed by atoms with Crippen LogP contribution < -0.4 is 9.64 Å². The van der Waals surface area contributed by atoms with Crippen molar-refractivity contribution in [3.63, 3.8) is 0 Å². The van der Waals surface area contributed by atoms with Gasteiger partial charge in [0.1, 0.15) is 12.4 Å². The quantitative estimate of drug-likeness (QED) is 0.735. The maximum absolute atomic E-state index is 12.9. The van der Waals surface area contributed by atoms with Crippen molar-refractivity contribution in [2.75, 3.05) is 39.2 Å². The summed E-state index contributed by atoms with van der Waals surface area (Å²) in [6.07, 6.45) is 2.34. The number of hydrogen-bond acceptors (Lipinski definition) is 4. The second-order valence-corrected chi connectivity index (χ2v) is 7.31. The van der Waals surface area contributed by atoms with Crippen LogP contribution >= 0.6 is 0 Å². The van der Waals surface area contributed by atoms with Gasteiger partial charge in [-0.25, -0.2) is 0 Å². The number of ether oxygens (including phenoxy) is 1. The minimum Gasteiger partial charge on any atom is -0.489 e. The number of amides is 2. The lowest BCUT2D eigenvalue weighted by atomic mass is 10.0. The van der Waals surface area contributed by atoms with Gasteiger partial charge in [0.05, 0.1) is 18.2 Å². The standard InChI is InChI=1S/C21H33N3O3/c1-7-16(8-2)24(9-3)20(25)13-17-14-27-19-11-10-15(21(26)22(4)5)12-18(19)23(17)6/h10-12,16-17H,7-9,13-14H2,1-6H3. The van der Waals surface area contributed by atoms with E-state index in [0.717, 1.165) is 30.8 Å². The Hall–Kier alpha value is -2.24. The molecule has 0 aliphatic carbocycles. The zero-order valence-corrected chi connectivity index (χ0v) is 17.5. The second-order valence-electron chi connectivity index (χ2n) is 7.31. The van der Waals surface area contributed by atoms with E-state index in [-0.39, 0.29) is 23.9 Å². The number of carbonyl (C=O) groups excluding carboxylic acids is 2. The number of carbonyl (C=O) groups is 2. The first-order chi connectivity index (χ1) is 12.8. The number of nitrogens with zero attached hydrogens (tertiary/aromatic N) is 3. The molecule has 1 aliphatic heterocycles. The van der Waals surface area contributed by atoms with Crippen LogP contribution in [0.25, 0.3) is 0 Å². The topological polar surface area (TPSA) is 53.1 Å². The van der Waals surface area contributed by atoms with E-state index in [1.165, 1.54) is 0 Å². The Kier molecular flexibility index (Phi) is 7.11. The lowest BCUT2D eigenvalue weighted by Crippen LogP contribution is -2.47. The summed E-state index contributed by atoms with van der Waals surface area (Å²) in [5.74, 6) is 0.870. The summed E-state index contributed by atoms with van der Waals surface area (Å²) >= 11 is 0. The third-order valence-electron chi connectivity index (χ3n) is 5.43. The Labute approximate surface area is 163 Å². The molecule has 1 atom stereocenters. The highest BCUT2D eigenvalue weighted by Gasteiger charge is 2.30. The number of hydrogen-bond donors (Lipinski definition) is 0. The first-order valence-electron chi connectivity index (χ1n) is 9.84.